The maximum absolute atomic E-state index is 12.0. The minimum absolute atomic E-state index is 0.0513. The van der Waals surface area contributed by atoms with Crippen molar-refractivity contribution in [1.29, 1.82) is 0 Å². The van der Waals surface area contributed by atoms with Gasteiger partial charge in [-0.3, -0.25) is 4.90 Å². The molecule has 0 spiro atoms. The highest BCUT2D eigenvalue weighted by atomic mass is 16.5. The van der Waals surface area contributed by atoms with E-state index in [9.17, 15) is 4.79 Å². The molecule has 0 aliphatic heterocycles. The van der Waals surface area contributed by atoms with Crippen LogP contribution in [0.25, 0.3) is 0 Å². The molecule has 0 unspecified atom stereocenters. The van der Waals surface area contributed by atoms with Crippen LogP contribution in [0.3, 0.4) is 0 Å². The van der Waals surface area contributed by atoms with Gasteiger partial charge in [-0.15, -0.1) is 0 Å². The summed E-state index contributed by atoms with van der Waals surface area (Å²) >= 11 is 0. The van der Waals surface area contributed by atoms with Gasteiger partial charge in [-0.2, -0.15) is 0 Å². The van der Waals surface area contributed by atoms with Crippen LogP contribution in [-0.2, 0) is 4.74 Å². The highest BCUT2D eigenvalue weighted by Gasteiger charge is 2.17. The van der Waals surface area contributed by atoms with Crippen LogP contribution in [0, 0.1) is 0 Å². The van der Waals surface area contributed by atoms with Gasteiger partial charge in [0.15, 0.2) is 11.5 Å². The zero-order valence-electron chi connectivity index (χ0n) is 13.7. The number of carbonyl (C=O) groups excluding carboxylic acids is 1. The molecule has 0 amide bonds. The summed E-state index contributed by atoms with van der Waals surface area (Å²) in [5.74, 6) is 0.735. The van der Waals surface area contributed by atoms with E-state index in [1.165, 1.54) is 7.11 Å². The van der Waals surface area contributed by atoms with E-state index in [1.54, 1.807) is 25.3 Å². The van der Waals surface area contributed by atoms with Crippen LogP contribution in [0.15, 0.2) is 18.2 Å². The maximum atomic E-state index is 12.0. The van der Waals surface area contributed by atoms with Crippen molar-refractivity contribution in [2.24, 2.45) is 0 Å². The van der Waals surface area contributed by atoms with E-state index in [-0.39, 0.29) is 11.5 Å². The third kappa shape index (κ3) is 4.93. The molecule has 0 aliphatic rings. The number of hydrogen-bond acceptors (Lipinski definition) is 5. The lowest BCUT2D eigenvalue weighted by Crippen LogP contribution is -2.40. The van der Waals surface area contributed by atoms with Crippen LogP contribution >= 0.6 is 0 Å². The Morgan fingerprint density at radius 1 is 1.14 bits per heavy atom. The van der Waals surface area contributed by atoms with Crippen molar-refractivity contribution < 1.29 is 19.0 Å². The van der Waals surface area contributed by atoms with Crippen LogP contribution in [0.4, 0.5) is 0 Å². The number of ether oxygens (including phenoxy) is 3. The van der Waals surface area contributed by atoms with E-state index >= 15 is 0 Å². The van der Waals surface area contributed by atoms with Crippen LogP contribution < -0.4 is 9.47 Å². The van der Waals surface area contributed by atoms with Gasteiger partial charge in [-0.25, -0.2) is 4.79 Å². The van der Waals surface area contributed by atoms with E-state index < -0.39 is 0 Å². The summed E-state index contributed by atoms with van der Waals surface area (Å²) in [4.78, 5) is 14.1. The molecule has 0 radical (unpaired) electrons. The molecule has 21 heavy (non-hydrogen) atoms. The van der Waals surface area contributed by atoms with Gasteiger partial charge in [-0.1, -0.05) is 0 Å². The second-order valence-corrected chi connectivity index (χ2v) is 5.80. The number of rotatable bonds is 6. The minimum atomic E-state index is -0.363. The maximum Gasteiger partial charge on any atom is 0.338 e. The SMILES string of the molecule is COc1ccc(C(=O)OCCN(C)C(C)(C)C)cc1OC. The molecule has 1 rings (SSSR count). The molecule has 0 atom stereocenters. The number of esters is 1. The van der Waals surface area contributed by atoms with Gasteiger partial charge in [0.2, 0.25) is 0 Å². The number of nitrogens with zero attached hydrogens (tertiary/aromatic N) is 1. The molecule has 0 N–H and O–H groups in total. The molecule has 0 aliphatic carbocycles. The van der Waals surface area contributed by atoms with Gasteiger partial charge in [0, 0.05) is 12.1 Å². The van der Waals surface area contributed by atoms with E-state index in [0.29, 0.717) is 30.2 Å². The van der Waals surface area contributed by atoms with Crippen molar-refractivity contribution in [3.63, 3.8) is 0 Å². The van der Waals surface area contributed by atoms with Crippen molar-refractivity contribution >= 4 is 5.97 Å². The van der Waals surface area contributed by atoms with Crippen LogP contribution in [0.1, 0.15) is 31.1 Å². The fourth-order valence-corrected chi connectivity index (χ4v) is 1.66. The Labute approximate surface area is 126 Å². The monoisotopic (exact) mass is 295 g/mol. The topological polar surface area (TPSA) is 48.0 Å². The Kier molecular flexibility index (Phi) is 6.03. The predicted molar refractivity (Wildman–Crippen MR) is 82.2 cm³/mol. The largest absolute Gasteiger partial charge is 0.493 e. The van der Waals surface area contributed by atoms with E-state index in [4.69, 9.17) is 14.2 Å². The highest BCUT2D eigenvalue weighted by Crippen LogP contribution is 2.27. The van der Waals surface area contributed by atoms with E-state index in [0.717, 1.165) is 0 Å². The number of methoxy groups -OCH3 is 2. The first kappa shape index (κ1) is 17.3. The normalized spacial score (nSPS) is 11.4. The zero-order chi connectivity index (χ0) is 16.0. The lowest BCUT2D eigenvalue weighted by atomic mass is 10.1. The standard InChI is InChI=1S/C16H25NO4/c1-16(2,3)17(4)9-10-21-15(18)12-7-8-13(19-5)14(11-12)20-6/h7-8,11H,9-10H2,1-6H3. The molecule has 0 heterocycles. The highest BCUT2D eigenvalue weighted by molar-refractivity contribution is 5.90. The summed E-state index contributed by atoms with van der Waals surface area (Å²) in [6, 6.07) is 4.97. The van der Waals surface area contributed by atoms with E-state index in [2.05, 4.69) is 25.7 Å². The third-order valence-corrected chi connectivity index (χ3v) is 3.42. The van der Waals surface area contributed by atoms with Gasteiger partial charge in [-0.05, 0) is 46.0 Å². The van der Waals surface area contributed by atoms with Gasteiger partial charge >= 0.3 is 5.97 Å². The Bertz CT molecular complexity index is 480. The molecule has 5 heteroatoms. The van der Waals surface area contributed by atoms with Gasteiger partial charge in [0.05, 0.1) is 19.8 Å². The molecule has 0 bridgehead atoms. The van der Waals surface area contributed by atoms with E-state index in [1.807, 2.05) is 7.05 Å². The van der Waals surface area contributed by atoms with Crippen molar-refractivity contribution in [2.75, 3.05) is 34.4 Å². The summed E-state index contributed by atoms with van der Waals surface area (Å²) in [6.45, 7) is 7.37. The number of likely N-dealkylation sites (N-methyl/N-ethyl adjacent to an activating group) is 1. The fraction of sp³-hybridized carbons (Fsp3) is 0.562. The van der Waals surface area contributed by atoms with Gasteiger partial charge in [0.25, 0.3) is 0 Å². The Balaban J connectivity index is 2.60. The Morgan fingerprint density at radius 2 is 1.76 bits per heavy atom. The minimum Gasteiger partial charge on any atom is -0.493 e. The molecule has 0 saturated carbocycles. The molecule has 0 fully saturated rings. The Morgan fingerprint density at radius 3 is 2.29 bits per heavy atom. The average Bonchev–Trinajstić information content (AvgIpc) is 2.45. The first-order chi connectivity index (χ1) is 9.79. The van der Waals surface area contributed by atoms with Gasteiger partial charge < -0.3 is 14.2 Å². The quantitative estimate of drug-likeness (QED) is 0.755. The second-order valence-electron chi connectivity index (χ2n) is 5.80. The number of benzene rings is 1. The van der Waals surface area contributed by atoms with Crippen molar-refractivity contribution in [3.05, 3.63) is 23.8 Å². The summed E-state index contributed by atoms with van der Waals surface area (Å²) < 4.78 is 15.6. The summed E-state index contributed by atoms with van der Waals surface area (Å²) in [7, 11) is 5.09. The summed E-state index contributed by atoms with van der Waals surface area (Å²) in [5.41, 5.74) is 0.501. The third-order valence-electron chi connectivity index (χ3n) is 3.42. The zero-order valence-corrected chi connectivity index (χ0v) is 13.7. The molecule has 0 aromatic heterocycles. The van der Waals surface area contributed by atoms with Crippen molar-refractivity contribution in [3.8, 4) is 11.5 Å². The second kappa shape index (κ2) is 7.31. The molecule has 1 aromatic rings. The first-order valence-electron chi connectivity index (χ1n) is 6.90. The van der Waals surface area contributed by atoms with Crippen LogP contribution in [-0.4, -0.2) is 50.8 Å². The van der Waals surface area contributed by atoms with Crippen LogP contribution in [0.5, 0.6) is 11.5 Å². The van der Waals surface area contributed by atoms with Crippen molar-refractivity contribution in [1.82, 2.24) is 4.90 Å². The lowest BCUT2D eigenvalue weighted by molar-refractivity contribution is 0.0423. The molecular formula is C16H25NO4. The molecule has 118 valence electrons. The molecule has 0 saturated heterocycles. The summed E-state index contributed by atoms with van der Waals surface area (Å²) in [5, 5.41) is 0. The molecular weight excluding hydrogens is 270 g/mol. The smallest absolute Gasteiger partial charge is 0.338 e. The van der Waals surface area contributed by atoms with Gasteiger partial charge in [0.1, 0.15) is 6.61 Å². The molecule has 5 nitrogen and oxygen atoms in total. The molecule has 1 aromatic carbocycles. The van der Waals surface area contributed by atoms with Crippen molar-refractivity contribution in [2.45, 2.75) is 26.3 Å². The lowest BCUT2D eigenvalue weighted by Gasteiger charge is -2.31. The summed E-state index contributed by atoms with van der Waals surface area (Å²) in [6.07, 6.45) is 0. The first-order valence-corrected chi connectivity index (χ1v) is 6.90. The Hall–Kier alpha value is -1.75. The fourth-order valence-electron chi connectivity index (χ4n) is 1.66. The average molecular weight is 295 g/mol. The number of carbonyl (C=O) groups is 1. The predicted octanol–water partition coefficient (Wildman–Crippen LogP) is 2.59. The number of hydrogen-bond donors (Lipinski definition) is 0. The van der Waals surface area contributed by atoms with Crippen LogP contribution in [0.2, 0.25) is 0 Å².